The number of nitrogens with zero attached hydrogens (tertiary/aromatic N) is 2. The largest absolute Gasteiger partial charge is 0.507 e. The Kier molecular flexibility index (Phi) is 4.29. The zero-order valence-electron chi connectivity index (χ0n) is 14.3. The SMILES string of the molecule is O=C1C(=O)N(C2CCCC2)C(c2ccncc2)/C1=C(/O)c1ccccc1. The highest BCUT2D eigenvalue weighted by molar-refractivity contribution is 6.46. The number of aliphatic hydroxyl groups excluding tert-OH is 1. The standard InChI is InChI=1S/C21H20N2O3/c24-19(15-6-2-1-3-7-15)17-18(14-10-12-22-13-11-14)23(21(26)20(17)25)16-8-4-5-9-16/h1-3,6-7,10-13,16,18,24H,4-5,8-9H2/b19-17-. The molecule has 1 aromatic heterocycles. The summed E-state index contributed by atoms with van der Waals surface area (Å²) in [5.74, 6) is -1.25. The van der Waals surface area contributed by atoms with Crippen molar-refractivity contribution in [3.8, 4) is 0 Å². The molecular weight excluding hydrogens is 328 g/mol. The summed E-state index contributed by atoms with van der Waals surface area (Å²) in [5, 5.41) is 10.9. The number of carbonyl (C=O) groups is 2. The van der Waals surface area contributed by atoms with Gasteiger partial charge >= 0.3 is 0 Å². The van der Waals surface area contributed by atoms with E-state index in [4.69, 9.17) is 0 Å². The Balaban J connectivity index is 1.88. The molecule has 2 heterocycles. The van der Waals surface area contributed by atoms with Crippen molar-refractivity contribution in [2.75, 3.05) is 0 Å². The van der Waals surface area contributed by atoms with E-state index in [2.05, 4.69) is 4.98 Å². The van der Waals surface area contributed by atoms with E-state index in [1.807, 2.05) is 6.07 Å². The van der Waals surface area contributed by atoms with Crippen LogP contribution in [0.15, 0.2) is 60.4 Å². The molecule has 1 N–H and O–H groups in total. The maximum absolute atomic E-state index is 12.8. The Morgan fingerprint density at radius 3 is 2.31 bits per heavy atom. The molecule has 1 saturated carbocycles. The van der Waals surface area contributed by atoms with Gasteiger partial charge in [-0.25, -0.2) is 0 Å². The van der Waals surface area contributed by atoms with Crippen molar-refractivity contribution in [1.82, 2.24) is 9.88 Å². The van der Waals surface area contributed by atoms with Crippen LogP contribution in [0.5, 0.6) is 0 Å². The van der Waals surface area contributed by atoms with Gasteiger partial charge in [-0.1, -0.05) is 43.2 Å². The van der Waals surface area contributed by atoms with Crippen LogP contribution in [0.3, 0.4) is 0 Å². The van der Waals surface area contributed by atoms with E-state index < -0.39 is 17.7 Å². The second-order valence-corrected chi connectivity index (χ2v) is 6.79. The smallest absolute Gasteiger partial charge is 0.295 e. The second kappa shape index (κ2) is 6.75. The van der Waals surface area contributed by atoms with Gasteiger partial charge in [-0.2, -0.15) is 0 Å². The molecule has 1 aliphatic heterocycles. The van der Waals surface area contributed by atoms with E-state index >= 15 is 0 Å². The van der Waals surface area contributed by atoms with Crippen molar-refractivity contribution in [3.63, 3.8) is 0 Å². The fourth-order valence-electron chi connectivity index (χ4n) is 4.03. The van der Waals surface area contributed by atoms with Crippen LogP contribution in [0.25, 0.3) is 5.76 Å². The average Bonchev–Trinajstić information content (AvgIpc) is 3.30. The molecule has 132 valence electrons. The minimum atomic E-state index is -0.611. The van der Waals surface area contributed by atoms with Crippen LogP contribution < -0.4 is 0 Å². The molecule has 5 heteroatoms. The molecule has 0 spiro atoms. The number of pyridine rings is 1. The number of benzene rings is 1. The third-order valence-electron chi connectivity index (χ3n) is 5.27. The predicted molar refractivity (Wildman–Crippen MR) is 97.1 cm³/mol. The van der Waals surface area contributed by atoms with Crippen LogP contribution in [-0.4, -0.2) is 32.7 Å². The average molecular weight is 348 g/mol. The third-order valence-corrected chi connectivity index (χ3v) is 5.27. The van der Waals surface area contributed by atoms with Gasteiger partial charge in [-0.3, -0.25) is 14.6 Å². The molecule has 2 aliphatic rings. The number of aromatic nitrogens is 1. The first kappa shape index (κ1) is 16.5. The molecule has 0 radical (unpaired) electrons. The number of Topliss-reactive ketones (excluding diaryl/α,β-unsaturated/α-hetero) is 1. The van der Waals surface area contributed by atoms with Gasteiger partial charge in [0.25, 0.3) is 11.7 Å². The minimum Gasteiger partial charge on any atom is -0.507 e. The number of likely N-dealkylation sites (tertiary alicyclic amines) is 1. The normalized spacial score (nSPS) is 22.9. The van der Waals surface area contributed by atoms with Crippen molar-refractivity contribution < 1.29 is 14.7 Å². The number of rotatable bonds is 3. The topological polar surface area (TPSA) is 70.5 Å². The van der Waals surface area contributed by atoms with Crippen LogP contribution in [0, 0.1) is 0 Å². The first-order valence-corrected chi connectivity index (χ1v) is 8.94. The quantitative estimate of drug-likeness (QED) is 0.524. The molecule has 1 amide bonds. The zero-order valence-corrected chi connectivity index (χ0v) is 14.3. The van der Waals surface area contributed by atoms with Crippen molar-refractivity contribution in [3.05, 3.63) is 71.6 Å². The number of carbonyl (C=O) groups excluding carboxylic acids is 2. The highest BCUT2D eigenvalue weighted by Crippen LogP contribution is 2.43. The van der Waals surface area contributed by atoms with Gasteiger partial charge in [0.05, 0.1) is 11.6 Å². The van der Waals surface area contributed by atoms with Crippen molar-refractivity contribution in [2.24, 2.45) is 0 Å². The Hall–Kier alpha value is -2.95. The Morgan fingerprint density at radius 2 is 1.65 bits per heavy atom. The summed E-state index contributed by atoms with van der Waals surface area (Å²) in [6.07, 6.45) is 7.17. The molecule has 1 aliphatic carbocycles. The molecule has 5 nitrogen and oxygen atoms in total. The summed E-state index contributed by atoms with van der Waals surface area (Å²) in [7, 11) is 0. The molecular formula is C21H20N2O3. The fourth-order valence-corrected chi connectivity index (χ4v) is 4.03. The van der Waals surface area contributed by atoms with E-state index in [9.17, 15) is 14.7 Å². The molecule has 2 aromatic rings. The van der Waals surface area contributed by atoms with Gasteiger partial charge in [-0.05, 0) is 30.5 Å². The lowest BCUT2D eigenvalue weighted by Crippen LogP contribution is -2.37. The molecule has 26 heavy (non-hydrogen) atoms. The molecule has 0 bridgehead atoms. The van der Waals surface area contributed by atoms with E-state index in [0.717, 1.165) is 31.2 Å². The van der Waals surface area contributed by atoms with Gasteiger partial charge < -0.3 is 10.0 Å². The van der Waals surface area contributed by atoms with Gasteiger partial charge in [0.1, 0.15) is 5.76 Å². The Bertz CT molecular complexity index is 855. The van der Waals surface area contributed by atoms with E-state index in [0.29, 0.717) is 5.56 Å². The summed E-state index contributed by atoms with van der Waals surface area (Å²) in [6, 6.07) is 12.0. The van der Waals surface area contributed by atoms with E-state index in [1.165, 1.54) is 0 Å². The second-order valence-electron chi connectivity index (χ2n) is 6.79. The van der Waals surface area contributed by atoms with Crippen LogP contribution in [0.1, 0.15) is 42.9 Å². The summed E-state index contributed by atoms with van der Waals surface area (Å²) < 4.78 is 0. The number of ketones is 1. The number of amides is 1. The van der Waals surface area contributed by atoms with Crippen LogP contribution in [0.4, 0.5) is 0 Å². The predicted octanol–water partition coefficient (Wildman–Crippen LogP) is 3.45. The van der Waals surface area contributed by atoms with Crippen molar-refractivity contribution in [2.45, 2.75) is 37.8 Å². The monoisotopic (exact) mass is 348 g/mol. The minimum absolute atomic E-state index is 0.0330. The fraction of sp³-hybridized carbons (Fsp3) is 0.286. The Morgan fingerprint density at radius 1 is 1.00 bits per heavy atom. The molecule has 1 aromatic carbocycles. The lowest BCUT2D eigenvalue weighted by atomic mass is 9.95. The lowest BCUT2D eigenvalue weighted by molar-refractivity contribution is -0.141. The summed E-state index contributed by atoms with van der Waals surface area (Å²) in [4.78, 5) is 31.4. The number of hydrogen-bond acceptors (Lipinski definition) is 4. The maximum Gasteiger partial charge on any atom is 0.295 e. The first-order chi connectivity index (χ1) is 12.7. The van der Waals surface area contributed by atoms with Gasteiger partial charge in [-0.15, -0.1) is 0 Å². The highest BCUT2D eigenvalue weighted by Gasteiger charge is 2.49. The number of aliphatic hydroxyl groups is 1. The van der Waals surface area contributed by atoms with Gasteiger partial charge in [0, 0.05) is 24.0 Å². The molecule has 1 saturated heterocycles. The van der Waals surface area contributed by atoms with Gasteiger partial charge in [0.2, 0.25) is 0 Å². The Labute approximate surface area is 152 Å². The van der Waals surface area contributed by atoms with E-state index in [-0.39, 0.29) is 17.4 Å². The first-order valence-electron chi connectivity index (χ1n) is 8.94. The number of hydrogen-bond donors (Lipinski definition) is 1. The molecule has 1 atom stereocenters. The van der Waals surface area contributed by atoms with Crippen molar-refractivity contribution >= 4 is 17.4 Å². The van der Waals surface area contributed by atoms with Crippen LogP contribution >= 0.6 is 0 Å². The van der Waals surface area contributed by atoms with Gasteiger partial charge in [0.15, 0.2) is 0 Å². The molecule has 4 rings (SSSR count). The van der Waals surface area contributed by atoms with E-state index in [1.54, 1.807) is 53.7 Å². The lowest BCUT2D eigenvalue weighted by Gasteiger charge is -2.30. The summed E-state index contributed by atoms with van der Waals surface area (Å²) >= 11 is 0. The van der Waals surface area contributed by atoms with Crippen molar-refractivity contribution in [1.29, 1.82) is 0 Å². The summed E-state index contributed by atoms with van der Waals surface area (Å²) in [5.41, 5.74) is 1.50. The highest BCUT2D eigenvalue weighted by atomic mass is 16.3. The summed E-state index contributed by atoms with van der Waals surface area (Å²) in [6.45, 7) is 0. The molecule has 2 fully saturated rings. The third kappa shape index (κ3) is 2.69. The van der Waals surface area contributed by atoms with Crippen LogP contribution in [0.2, 0.25) is 0 Å². The molecule has 1 unspecified atom stereocenters. The zero-order chi connectivity index (χ0) is 18.1. The maximum atomic E-state index is 12.8. The van der Waals surface area contributed by atoms with Crippen LogP contribution in [-0.2, 0) is 9.59 Å².